The van der Waals surface area contributed by atoms with Gasteiger partial charge in [0.1, 0.15) is 6.61 Å². The Kier molecular flexibility index (Phi) is 4.58. The molecule has 0 aliphatic rings. The summed E-state index contributed by atoms with van der Waals surface area (Å²) in [5.74, 6) is 1.21. The van der Waals surface area contributed by atoms with Crippen molar-refractivity contribution in [1.82, 2.24) is 9.97 Å². The van der Waals surface area contributed by atoms with Crippen LogP contribution < -0.4 is 4.74 Å². The van der Waals surface area contributed by atoms with Gasteiger partial charge in [-0.25, -0.2) is 4.98 Å². The highest BCUT2D eigenvalue weighted by Gasteiger charge is 2.06. The second-order valence-electron chi connectivity index (χ2n) is 5.45. The van der Waals surface area contributed by atoms with E-state index in [1.807, 2.05) is 37.3 Å². The number of hydrogen-bond donors (Lipinski definition) is 0. The van der Waals surface area contributed by atoms with E-state index in [2.05, 4.69) is 41.2 Å². The van der Waals surface area contributed by atoms with Crippen LogP contribution in [0.25, 0.3) is 11.4 Å². The molecule has 1 heterocycles. The van der Waals surface area contributed by atoms with Crippen molar-refractivity contribution >= 4 is 11.6 Å². The maximum Gasteiger partial charge on any atom is 0.217 e. The van der Waals surface area contributed by atoms with E-state index in [9.17, 15) is 0 Å². The molecule has 0 radical (unpaired) electrons. The number of aryl methyl sites for hydroxylation is 2. The summed E-state index contributed by atoms with van der Waals surface area (Å²) in [4.78, 5) is 8.96. The Morgan fingerprint density at radius 2 is 1.61 bits per heavy atom. The third-order valence-electron chi connectivity index (χ3n) is 3.44. The Morgan fingerprint density at radius 3 is 2.30 bits per heavy atom. The van der Waals surface area contributed by atoms with Gasteiger partial charge in [-0.15, -0.1) is 0 Å². The molecule has 116 valence electrons. The minimum atomic E-state index is 0.483. The first-order valence-corrected chi connectivity index (χ1v) is 7.78. The van der Waals surface area contributed by atoms with Crippen LogP contribution in [0.1, 0.15) is 16.8 Å². The summed E-state index contributed by atoms with van der Waals surface area (Å²) in [5, 5.41) is 0.692. The van der Waals surface area contributed by atoms with Crippen molar-refractivity contribution in [2.24, 2.45) is 0 Å². The molecule has 0 aliphatic carbocycles. The fourth-order valence-corrected chi connectivity index (χ4v) is 2.31. The van der Waals surface area contributed by atoms with Gasteiger partial charge < -0.3 is 4.74 Å². The molecule has 3 nitrogen and oxygen atoms in total. The molecule has 3 aromatic rings. The smallest absolute Gasteiger partial charge is 0.217 e. The molecule has 0 saturated heterocycles. The Balaban J connectivity index is 1.80. The predicted octanol–water partition coefficient (Wildman–Crippen LogP) is 4.99. The van der Waals surface area contributed by atoms with Crippen LogP contribution in [-0.4, -0.2) is 9.97 Å². The number of benzene rings is 2. The topological polar surface area (TPSA) is 35.0 Å². The van der Waals surface area contributed by atoms with Crippen molar-refractivity contribution in [1.29, 1.82) is 0 Å². The minimum Gasteiger partial charge on any atom is -0.473 e. The fourth-order valence-electron chi connectivity index (χ4n) is 2.18. The van der Waals surface area contributed by atoms with Crippen LogP contribution in [0.15, 0.2) is 54.6 Å². The molecule has 0 aliphatic heterocycles. The summed E-state index contributed by atoms with van der Waals surface area (Å²) in [6.45, 7) is 4.48. The van der Waals surface area contributed by atoms with Crippen LogP contribution in [0.2, 0.25) is 5.02 Å². The molecule has 0 N–H and O–H groups in total. The van der Waals surface area contributed by atoms with Crippen LogP contribution in [0, 0.1) is 13.8 Å². The number of nitrogens with zero attached hydrogens (tertiary/aromatic N) is 2. The van der Waals surface area contributed by atoms with E-state index >= 15 is 0 Å². The van der Waals surface area contributed by atoms with Crippen molar-refractivity contribution in [2.75, 3.05) is 0 Å². The highest BCUT2D eigenvalue weighted by molar-refractivity contribution is 6.30. The lowest BCUT2D eigenvalue weighted by Gasteiger charge is -2.09. The zero-order valence-electron chi connectivity index (χ0n) is 13.1. The lowest BCUT2D eigenvalue weighted by molar-refractivity contribution is 0.293. The van der Waals surface area contributed by atoms with Crippen LogP contribution >= 0.6 is 11.6 Å². The molecule has 0 fully saturated rings. The molecule has 3 rings (SSSR count). The molecular formula is C19H17ClN2O. The SMILES string of the molecule is Cc1ccc(COc2cc(C)nc(-c3ccc(Cl)cc3)n2)cc1. The van der Waals surface area contributed by atoms with Gasteiger partial charge in [-0.1, -0.05) is 41.4 Å². The summed E-state index contributed by atoms with van der Waals surface area (Å²) < 4.78 is 5.82. The van der Waals surface area contributed by atoms with Crippen molar-refractivity contribution < 1.29 is 4.74 Å². The first-order valence-electron chi connectivity index (χ1n) is 7.40. The third-order valence-corrected chi connectivity index (χ3v) is 3.69. The number of ether oxygens (including phenoxy) is 1. The predicted molar refractivity (Wildman–Crippen MR) is 92.7 cm³/mol. The van der Waals surface area contributed by atoms with Crippen LogP contribution in [0.5, 0.6) is 5.88 Å². The van der Waals surface area contributed by atoms with Crippen molar-refractivity contribution in [3.63, 3.8) is 0 Å². The molecule has 2 aromatic carbocycles. The van der Waals surface area contributed by atoms with E-state index in [0.717, 1.165) is 16.8 Å². The van der Waals surface area contributed by atoms with Gasteiger partial charge in [0.25, 0.3) is 0 Å². The summed E-state index contributed by atoms with van der Waals surface area (Å²) in [6.07, 6.45) is 0. The number of hydrogen-bond acceptors (Lipinski definition) is 3. The molecule has 23 heavy (non-hydrogen) atoms. The van der Waals surface area contributed by atoms with Crippen molar-refractivity contribution in [3.8, 4) is 17.3 Å². The second kappa shape index (κ2) is 6.80. The van der Waals surface area contributed by atoms with Gasteiger partial charge >= 0.3 is 0 Å². The minimum absolute atomic E-state index is 0.483. The molecule has 1 aromatic heterocycles. The van der Waals surface area contributed by atoms with E-state index in [1.54, 1.807) is 0 Å². The maximum atomic E-state index is 5.92. The van der Waals surface area contributed by atoms with E-state index < -0.39 is 0 Å². The maximum absolute atomic E-state index is 5.92. The third kappa shape index (κ3) is 4.08. The summed E-state index contributed by atoms with van der Waals surface area (Å²) >= 11 is 5.92. The van der Waals surface area contributed by atoms with Crippen LogP contribution in [-0.2, 0) is 6.61 Å². The second-order valence-corrected chi connectivity index (χ2v) is 5.89. The standard InChI is InChI=1S/C19H17ClN2O/c1-13-3-5-15(6-4-13)12-23-18-11-14(2)21-19(22-18)16-7-9-17(20)10-8-16/h3-11H,12H2,1-2H3. The lowest BCUT2D eigenvalue weighted by Crippen LogP contribution is -2.00. The van der Waals surface area contributed by atoms with E-state index in [0.29, 0.717) is 23.3 Å². The zero-order chi connectivity index (χ0) is 16.2. The number of halogens is 1. The molecule has 0 bridgehead atoms. The zero-order valence-corrected chi connectivity index (χ0v) is 13.8. The highest BCUT2D eigenvalue weighted by Crippen LogP contribution is 2.21. The largest absolute Gasteiger partial charge is 0.473 e. The highest BCUT2D eigenvalue weighted by atomic mass is 35.5. The molecular weight excluding hydrogens is 308 g/mol. The summed E-state index contributed by atoms with van der Waals surface area (Å²) in [7, 11) is 0. The van der Waals surface area contributed by atoms with Gasteiger partial charge in [0.05, 0.1) is 0 Å². The molecule has 0 amide bonds. The molecule has 0 saturated carbocycles. The fraction of sp³-hybridized carbons (Fsp3) is 0.158. The first-order chi connectivity index (χ1) is 11.1. The van der Waals surface area contributed by atoms with Gasteiger partial charge in [-0.05, 0) is 43.7 Å². The Morgan fingerprint density at radius 1 is 0.913 bits per heavy atom. The average Bonchev–Trinajstić information content (AvgIpc) is 2.54. The quantitative estimate of drug-likeness (QED) is 0.678. The lowest BCUT2D eigenvalue weighted by atomic mass is 10.2. The number of rotatable bonds is 4. The Hall–Kier alpha value is -2.39. The molecule has 0 spiro atoms. The number of aromatic nitrogens is 2. The monoisotopic (exact) mass is 324 g/mol. The first kappa shape index (κ1) is 15.5. The van der Waals surface area contributed by atoms with E-state index in [-0.39, 0.29) is 0 Å². The van der Waals surface area contributed by atoms with E-state index in [1.165, 1.54) is 5.56 Å². The van der Waals surface area contributed by atoms with Gasteiger partial charge in [-0.3, -0.25) is 0 Å². The van der Waals surface area contributed by atoms with Gasteiger partial charge in [0.2, 0.25) is 5.88 Å². The van der Waals surface area contributed by atoms with Gasteiger partial charge in [0, 0.05) is 22.3 Å². The Bertz CT molecular complexity index is 799. The Labute approximate surface area is 140 Å². The van der Waals surface area contributed by atoms with Crippen LogP contribution in [0.3, 0.4) is 0 Å². The molecule has 0 unspecified atom stereocenters. The average molecular weight is 325 g/mol. The summed E-state index contributed by atoms with van der Waals surface area (Å²) in [5.41, 5.74) is 4.12. The van der Waals surface area contributed by atoms with Crippen molar-refractivity contribution in [2.45, 2.75) is 20.5 Å². The van der Waals surface area contributed by atoms with Crippen LogP contribution in [0.4, 0.5) is 0 Å². The van der Waals surface area contributed by atoms with Crippen molar-refractivity contribution in [3.05, 3.63) is 76.4 Å². The van der Waals surface area contributed by atoms with Gasteiger partial charge in [0.15, 0.2) is 5.82 Å². The summed E-state index contributed by atoms with van der Waals surface area (Å²) in [6, 6.07) is 17.6. The normalized spacial score (nSPS) is 10.6. The van der Waals surface area contributed by atoms with E-state index in [4.69, 9.17) is 16.3 Å². The molecule has 0 atom stereocenters. The van der Waals surface area contributed by atoms with Gasteiger partial charge in [-0.2, -0.15) is 4.98 Å². The molecule has 4 heteroatoms.